The van der Waals surface area contributed by atoms with E-state index in [0.717, 1.165) is 18.8 Å². The highest BCUT2D eigenvalue weighted by atomic mass is 19.1. The Bertz CT molecular complexity index is 501. The zero-order valence-corrected chi connectivity index (χ0v) is 11.9. The number of aliphatic hydroxyl groups is 1. The Morgan fingerprint density at radius 2 is 2.25 bits per heavy atom. The molecule has 0 aromatic heterocycles. The van der Waals surface area contributed by atoms with Gasteiger partial charge in [-0.05, 0) is 43.4 Å². The van der Waals surface area contributed by atoms with Crippen LogP contribution in [0, 0.1) is 23.6 Å². The number of halogens is 1. The molecule has 0 bridgehead atoms. The van der Waals surface area contributed by atoms with E-state index < -0.39 is 0 Å². The van der Waals surface area contributed by atoms with Crippen molar-refractivity contribution in [2.24, 2.45) is 5.92 Å². The van der Waals surface area contributed by atoms with Gasteiger partial charge in [0.1, 0.15) is 18.2 Å². The maximum absolute atomic E-state index is 13.3. The highest BCUT2D eigenvalue weighted by Crippen LogP contribution is 2.30. The fraction of sp³-hybridized carbons (Fsp3) is 0.529. The Labute approximate surface area is 120 Å². The van der Waals surface area contributed by atoms with Gasteiger partial charge in [0.25, 0.3) is 0 Å². The molecular formula is C17H21FO2. The van der Waals surface area contributed by atoms with E-state index in [1.807, 2.05) is 0 Å². The van der Waals surface area contributed by atoms with Gasteiger partial charge in [-0.1, -0.05) is 31.6 Å². The first-order chi connectivity index (χ1) is 9.72. The van der Waals surface area contributed by atoms with Gasteiger partial charge < -0.3 is 9.84 Å². The molecule has 0 saturated heterocycles. The van der Waals surface area contributed by atoms with Gasteiger partial charge in [-0.15, -0.1) is 0 Å². The van der Waals surface area contributed by atoms with Crippen LogP contribution >= 0.6 is 0 Å². The zero-order chi connectivity index (χ0) is 14.4. The highest BCUT2D eigenvalue weighted by Gasteiger charge is 2.22. The molecule has 0 aliphatic heterocycles. The molecule has 1 aliphatic rings. The van der Waals surface area contributed by atoms with Crippen LogP contribution in [0.15, 0.2) is 18.2 Å². The Hall–Kier alpha value is -1.53. The van der Waals surface area contributed by atoms with Crippen molar-refractivity contribution in [3.63, 3.8) is 0 Å². The number of aliphatic hydroxyl groups excluding tert-OH is 1. The summed E-state index contributed by atoms with van der Waals surface area (Å²) >= 11 is 0. The molecule has 3 heteroatoms. The smallest absolute Gasteiger partial charge is 0.135 e. The van der Waals surface area contributed by atoms with Crippen LogP contribution in [0.3, 0.4) is 0 Å². The quantitative estimate of drug-likeness (QED) is 0.856. The molecule has 0 radical (unpaired) electrons. The molecule has 108 valence electrons. The monoisotopic (exact) mass is 276 g/mol. The minimum atomic E-state index is -0.338. The van der Waals surface area contributed by atoms with Gasteiger partial charge in [0.05, 0.1) is 11.7 Å². The van der Waals surface area contributed by atoms with Gasteiger partial charge in [-0.2, -0.15) is 0 Å². The maximum atomic E-state index is 13.3. The van der Waals surface area contributed by atoms with Crippen LogP contribution in [0.25, 0.3) is 0 Å². The summed E-state index contributed by atoms with van der Waals surface area (Å²) in [5.41, 5.74) is 0.512. The molecule has 2 rings (SSSR count). The minimum Gasteiger partial charge on any atom is -0.489 e. The standard InChI is InChI=1S/C17H21FO2/c1-2-13-5-3-7-16(11-13)20-17-9-8-15(18)12-14(17)6-4-10-19/h8-9,12-13,16,19H,2-3,5,7,10-11H2,1H3. The SMILES string of the molecule is CCC1CCCC(Oc2ccc(F)cc2C#CCO)C1. The van der Waals surface area contributed by atoms with Crippen molar-refractivity contribution in [1.29, 1.82) is 0 Å². The second-order valence-electron chi connectivity index (χ2n) is 5.28. The minimum absolute atomic E-state index is 0.189. The van der Waals surface area contributed by atoms with Gasteiger partial charge >= 0.3 is 0 Å². The van der Waals surface area contributed by atoms with E-state index in [9.17, 15) is 4.39 Å². The fourth-order valence-electron chi connectivity index (χ4n) is 2.74. The molecule has 1 fully saturated rings. The molecule has 0 heterocycles. The van der Waals surface area contributed by atoms with Crippen LogP contribution < -0.4 is 4.74 Å². The number of rotatable bonds is 3. The average molecular weight is 276 g/mol. The van der Waals surface area contributed by atoms with E-state index in [0.29, 0.717) is 11.3 Å². The largest absolute Gasteiger partial charge is 0.489 e. The van der Waals surface area contributed by atoms with E-state index >= 15 is 0 Å². The first-order valence-corrected chi connectivity index (χ1v) is 7.28. The average Bonchev–Trinajstić information content (AvgIpc) is 2.47. The van der Waals surface area contributed by atoms with Crippen molar-refractivity contribution >= 4 is 0 Å². The topological polar surface area (TPSA) is 29.5 Å². The molecule has 1 aromatic rings. The highest BCUT2D eigenvalue weighted by molar-refractivity contribution is 5.46. The molecule has 0 amide bonds. The number of hydrogen-bond donors (Lipinski definition) is 1. The fourth-order valence-corrected chi connectivity index (χ4v) is 2.74. The van der Waals surface area contributed by atoms with Gasteiger partial charge in [0.15, 0.2) is 0 Å². The molecule has 1 N–H and O–H groups in total. The third-order valence-electron chi connectivity index (χ3n) is 3.85. The molecule has 1 aliphatic carbocycles. The van der Waals surface area contributed by atoms with Crippen LogP contribution in [0.4, 0.5) is 4.39 Å². The van der Waals surface area contributed by atoms with Gasteiger partial charge in [0.2, 0.25) is 0 Å². The van der Waals surface area contributed by atoms with E-state index in [1.165, 1.54) is 31.4 Å². The predicted octanol–water partition coefficient (Wildman–Crippen LogP) is 3.52. The van der Waals surface area contributed by atoms with Crippen LogP contribution in [-0.4, -0.2) is 17.8 Å². The summed E-state index contributed by atoms with van der Waals surface area (Å²) in [6, 6.07) is 4.38. The van der Waals surface area contributed by atoms with Crippen molar-refractivity contribution in [2.75, 3.05) is 6.61 Å². The molecule has 1 saturated carbocycles. The molecule has 2 atom stereocenters. The van der Waals surface area contributed by atoms with Crippen LogP contribution in [-0.2, 0) is 0 Å². The van der Waals surface area contributed by atoms with Crippen molar-refractivity contribution in [3.05, 3.63) is 29.6 Å². The van der Waals surface area contributed by atoms with Crippen molar-refractivity contribution < 1.29 is 14.2 Å². The van der Waals surface area contributed by atoms with Crippen LogP contribution in [0.2, 0.25) is 0 Å². The second kappa shape index (κ2) is 7.31. The Morgan fingerprint density at radius 3 is 3.00 bits per heavy atom. The summed E-state index contributed by atoms with van der Waals surface area (Å²) in [4.78, 5) is 0. The predicted molar refractivity (Wildman–Crippen MR) is 77.0 cm³/mol. The van der Waals surface area contributed by atoms with E-state index in [2.05, 4.69) is 18.8 Å². The van der Waals surface area contributed by atoms with Gasteiger partial charge in [-0.25, -0.2) is 4.39 Å². The molecule has 2 nitrogen and oxygen atoms in total. The van der Waals surface area contributed by atoms with Crippen molar-refractivity contribution in [2.45, 2.75) is 45.1 Å². The lowest BCUT2D eigenvalue weighted by Gasteiger charge is -2.29. The van der Waals surface area contributed by atoms with Crippen molar-refractivity contribution in [1.82, 2.24) is 0 Å². The van der Waals surface area contributed by atoms with Gasteiger partial charge in [0, 0.05) is 0 Å². The Morgan fingerprint density at radius 1 is 1.40 bits per heavy atom. The van der Waals surface area contributed by atoms with Gasteiger partial charge in [-0.3, -0.25) is 0 Å². The van der Waals surface area contributed by atoms with Crippen LogP contribution in [0.5, 0.6) is 5.75 Å². The summed E-state index contributed by atoms with van der Waals surface area (Å²) < 4.78 is 19.3. The number of ether oxygens (including phenoxy) is 1. The maximum Gasteiger partial charge on any atom is 0.135 e. The lowest BCUT2D eigenvalue weighted by molar-refractivity contribution is 0.121. The first kappa shape index (κ1) is 14.9. The van der Waals surface area contributed by atoms with E-state index in [-0.39, 0.29) is 18.5 Å². The third-order valence-corrected chi connectivity index (χ3v) is 3.85. The summed E-state index contributed by atoms with van der Waals surface area (Å²) in [6.45, 7) is 1.97. The Balaban J connectivity index is 2.12. The Kier molecular flexibility index (Phi) is 5.43. The molecule has 20 heavy (non-hydrogen) atoms. The summed E-state index contributed by atoms with van der Waals surface area (Å²) in [5, 5.41) is 8.77. The second-order valence-corrected chi connectivity index (χ2v) is 5.28. The van der Waals surface area contributed by atoms with Crippen LogP contribution in [0.1, 0.15) is 44.6 Å². The first-order valence-electron chi connectivity index (χ1n) is 7.28. The zero-order valence-electron chi connectivity index (χ0n) is 11.9. The number of hydrogen-bond acceptors (Lipinski definition) is 2. The molecular weight excluding hydrogens is 255 g/mol. The van der Waals surface area contributed by atoms with E-state index in [1.54, 1.807) is 6.07 Å². The summed E-state index contributed by atoms with van der Waals surface area (Å²) in [7, 11) is 0. The summed E-state index contributed by atoms with van der Waals surface area (Å²) in [5.74, 6) is 6.31. The lowest BCUT2D eigenvalue weighted by atomic mass is 9.85. The number of benzene rings is 1. The molecule has 0 spiro atoms. The molecule has 1 aromatic carbocycles. The van der Waals surface area contributed by atoms with E-state index in [4.69, 9.17) is 9.84 Å². The molecule has 2 unspecified atom stereocenters. The summed E-state index contributed by atoms with van der Waals surface area (Å²) in [6.07, 6.45) is 5.93. The third kappa shape index (κ3) is 3.98. The lowest BCUT2D eigenvalue weighted by Crippen LogP contribution is -2.25. The van der Waals surface area contributed by atoms with Crippen molar-refractivity contribution in [3.8, 4) is 17.6 Å². The normalized spacial score (nSPS) is 21.9.